The number of amides is 1. The highest BCUT2D eigenvalue weighted by atomic mass is 79.9. The van der Waals surface area contributed by atoms with Gasteiger partial charge < -0.3 is 5.32 Å². The fourth-order valence-electron chi connectivity index (χ4n) is 4.05. The van der Waals surface area contributed by atoms with Gasteiger partial charge in [0.1, 0.15) is 0 Å². The molecule has 2 fully saturated rings. The molecular weight excluding hydrogens is 428 g/mol. The molecule has 1 aliphatic heterocycles. The Balaban J connectivity index is 1.62. The van der Waals surface area contributed by atoms with Crippen molar-refractivity contribution in [3.63, 3.8) is 0 Å². The van der Waals surface area contributed by atoms with Gasteiger partial charge in [-0.05, 0) is 49.9 Å². The third-order valence-corrected chi connectivity index (χ3v) is 8.07. The van der Waals surface area contributed by atoms with Crippen molar-refractivity contribution in [2.75, 3.05) is 13.1 Å². The number of sulfonamides is 1. The summed E-state index contributed by atoms with van der Waals surface area (Å²) in [5.74, 6) is -0.231. The first-order valence-corrected chi connectivity index (χ1v) is 12.3. The van der Waals surface area contributed by atoms with E-state index in [-0.39, 0.29) is 29.3 Å². The summed E-state index contributed by atoms with van der Waals surface area (Å²) in [6.07, 6.45) is 9.68. The third-order valence-electron chi connectivity index (χ3n) is 5.66. The van der Waals surface area contributed by atoms with E-state index in [0.29, 0.717) is 6.54 Å². The maximum atomic E-state index is 12.9. The summed E-state index contributed by atoms with van der Waals surface area (Å²) in [5, 5.41) is 3.21. The number of nitrogens with one attached hydrogen (secondary N) is 1. The molecule has 1 heterocycles. The Labute approximate surface area is 171 Å². The monoisotopic (exact) mass is 456 g/mol. The van der Waals surface area contributed by atoms with Crippen LogP contribution in [0.2, 0.25) is 0 Å². The molecule has 3 rings (SSSR count). The normalized spacial score (nSPS) is 23.4. The van der Waals surface area contributed by atoms with Gasteiger partial charge in [-0.2, -0.15) is 4.31 Å². The van der Waals surface area contributed by atoms with Crippen LogP contribution in [0.4, 0.5) is 0 Å². The van der Waals surface area contributed by atoms with Gasteiger partial charge in [-0.25, -0.2) is 8.42 Å². The van der Waals surface area contributed by atoms with E-state index in [1.165, 1.54) is 36.4 Å². The first-order chi connectivity index (χ1) is 13.0. The molecule has 150 valence electrons. The number of carbonyl (C=O) groups excluding carboxylic acids is 1. The summed E-state index contributed by atoms with van der Waals surface area (Å²) in [6.45, 7) is 0.753. The Morgan fingerprint density at radius 3 is 2.26 bits per heavy atom. The van der Waals surface area contributed by atoms with Crippen LogP contribution in [0, 0.1) is 5.92 Å². The molecule has 1 amide bonds. The lowest BCUT2D eigenvalue weighted by Gasteiger charge is -2.32. The Morgan fingerprint density at radius 1 is 0.963 bits per heavy atom. The molecule has 1 aliphatic carbocycles. The topological polar surface area (TPSA) is 66.5 Å². The summed E-state index contributed by atoms with van der Waals surface area (Å²) in [4.78, 5) is 13.1. The summed E-state index contributed by atoms with van der Waals surface area (Å²) >= 11 is 3.33. The third kappa shape index (κ3) is 5.55. The second-order valence-electron chi connectivity index (χ2n) is 7.71. The van der Waals surface area contributed by atoms with E-state index in [9.17, 15) is 13.2 Å². The smallest absolute Gasteiger partial charge is 0.243 e. The van der Waals surface area contributed by atoms with Crippen LogP contribution in [0.5, 0.6) is 0 Å². The molecule has 1 aromatic rings. The first kappa shape index (κ1) is 20.8. The molecule has 7 heteroatoms. The molecule has 1 saturated heterocycles. The largest absolute Gasteiger partial charge is 0.353 e. The summed E-state index contributed by atoms with van der Waals surface area (Å²) in [5.41, 5.74) is 0. The summed E-state index contributed by atoms with van der Waals surface area (Å²) in [6, 6.07) is 6.93. The van der Waals surface area contributed by atoms with E-state index < -0.39 is 10.0 Å². The highest BCUT2D eigenvalue weighted by Crippen LogP contribution is 2.25. The van der Waals surface area contributed by atoms with Crippen LogP contribution in [0.15, 0.2) is 33.6 Å². The molecule has 2 aliphatic rings. The number of hydrogen-bond donors (Lipinski definition) is 1. The molecule has 0 aromatic heterocycles. The minimum Gasteiger partial charge on any atom is -0.353 e. The zero-order chi connectivity index (χ0) is 19.3. The van der Waals surface area contributed by atoms with E-state index in [4.69, 9.17) is 0 Å². The maximum absolute atomic E-state index is 12.9. The molecule has 1 N–H and O–H groups in total. The van der Waals surface area contributed by atoms with Gasteiger partial charge in [0.2, 0.25) is 15.9 Å². The predicted molar refractivity (Wildman–Crippen MR) is 110 cm³/mol. The molecule has 1 aromatic carbocycles. The van der Waals surface area contributed by atoms with E-state index in [2.05, 4.69) is 21.2 Å². The zero-order valence-corrected chi connectivity index (χ0v) is 18.1. The second kappa shape index (κ2) is 9.52. The first-order valence-electron chi connectivity index (χ1n) is 10.0. The van der Waals surface area contributed by atoms with Gasteiger partial charge in [0.15, 0.2) is 0 Å². The number of benzene rings is 1. The van der Waals surface area contributed by atoms with Crippen molar-refractivity contribution in [1.82, 2.24) is 9.62 Å². The van der Waals surface area contributed by atoms with Crippen molar-refractivity contribution in [2.24, 2.45) is 5.92 Å². The predicted octanol–water partition coefficient (Wildman–Crippen LogP) is 4.08. The number of halogens is 1. The molecule has 0 bridgehead atoms. The average Bonchev–Trinajstić information content (AvgIpc) is 2.64. The van der Waals surface area contributed by atoms with Crippen LogP contribution < -0.4 is 5.32 Å². The molecular formula is C20H29BrN2O3S. The van der Waals surface area contributed by atoms with Crippen molar-refractivity contribution in [3.8, 4) is 0 Å². The van der Waals surface area contributed by atoms with Crippen molar-refractivity contribution in [2.45, 2.75) is 68.7 Å². The van der Waals surface area contributed by atoms with Gasteiger partial charge in [0.25, 0.3) is 0 Å². The summed E-state index contributed by atoms with van der Waals surface area (Å²) < 4.78 is 28.2. The van der Waals surface area contributed by atoms with Crippen LogP contribution >= 0.6 is 15.9 Å². The zero-order valence-electron chi connectivity index (χ0n) is 15.7. The molecule has 1 saturated carbocycles. The van der Waals surface area contributed by atoms with Crippen molar-refractivity contribution in [3.05, 3.63) is 28.7 Å². The van der Waals surface area contributed by atoms with E-state index in [1.807, 2.05) is 0 Å². The van der Waals surface area contributed by atoms with Crippen LogP contribution in [-0.4, -0.2) is 37.8 Å². The van der Waals surface area contributed by atoms with Crippen LogP contribution in [0.1, 0.15) is 57.8 Å². The molecule has 0 unspecified atom stereocenters. The van der Waals surface area contributed by atoms with Gasteiger partial charge in [0, 0.05) is 23.6 Å². The number of carbonyl (C=O) groups is 1. The molecule has 0 radical (unpaired) electrons. The van der Waals surface area contributed by atoms with Gasteiger partial charge in [-0.3, -0.25) is 4.79 Å². The fourth-order valence-corrected chi connectivity index (χ4v) is 5.84. The van der Waals surface area contributed by atoms with Gasteiger partial charge in [-0.15, -0.1) is 0 Å². The van der Waals surface area contributed by atoms with E-state index in [1.54, 1.807) is 24.3 Å². The quantitative estimate of drug-likeness (QED) is 0.741. The van der Waals surface area contributed by atoms with Crippen molar-refractivity contribution in [1.29, 1.82) is 0 Å². The SMILES string of the molecule is O=C(NC1CCCCCCC1)[C@@H]1CCCN(S(=O)(=O)c2ccc(Br)cc2)C1. The lowest BCUT2D eigenvalue weighted by Crippen LogP contribution is -2.47. The Bertz CT molecular complexity index is 728. The fraction of sp³-hybridized carbons (Fsp3) is 0.650. The van der Waals surface area contributed by atoms with Crippen LogP contribution in [-0.2, 0) is 14.8 Å². The van der Waals surface area contributed by atoms with E-state index in [0.717, 1.165) is 30.2 Å². The molecule has 1 atom stereocenters. The number of hydrogen-bond acceptors (Lipinski definition) is 3. The number of nitrogens with zero attached hydrogens (tertiary/aromatic N) is 1. The Hall–Kier alpha value is -0.920. The minimum absolute atomic E-state index is 0.0243. The minimum atomic E-state index is -3.56. The van der Waals surface area contributed by atoms with Gasteiger partial charge in [-0.1, -0.05) is 48.0 Å². The lowest BCUT2D eigenvalue weighted by atomic mass is 9.94. The second-order valence-corrected chi connectivity index (χ2v) is 10.6. The Morgan fingerprint density at radius 2 is 1.59 bits per heavy atom. The highest BCUT2D eigenvalue weighted by molar-refractivity contribution is 9.10. The van der Waals surface area contributed by atoms with Crippen molar-refractivity contribution >= 4 is 31.9 Å². The highest BCUT2D eigenvalue weighted by Gasteiger charge is 2.33. The Kier molecular flexibility index (Phi) is 7.34. The average molecular weight is 457 g/mol. The summed E-state index contributed by atoms with van der Waals surface area (Å²) in [7, 11) is -3.56. The number of piperidine rings is 1. The molecule has 27 heavy (non-hydrogen) atoms. The van der Waals surface area contributed by atoms with Crippen LogP contribution in [0.3, 0.4) is 0 Å². The maximum Gasteiger partial charge on any atom is 0.243 e. The van der Waals surface area contributed by atoms with Gasteiger partial charge in [0.05, 0.1) is 10.8 Å². The van der Waals surface area contributed by atoms with Gasteiger partial charge >= 0.3 is 0 Å². The van der Waals surface area contributed by atoms with Crippen LogP contribution in [0.25, 0.3) is 0 Å². The van der Waals surface area contributed by atoms with E-state index >= 15 is 0 Å². The number of rotatable bonds is 4. The van der Waals surface area contributed by atoms with Crippen molar-refractivity contribution < 1.29 is 13.2 Å². The lowest BCUT2D eigenvalue weighted by molar-refractivity contribution is -0.126. The molecule has 5 nitrogen and oxygen atoms in total. The molecule has 0 spiro atoms. The standard InChI is InChI=1S/C20H29BrN2O3S/c21-17-10-12-19(13-11-17)27(25,26)23-14-6-7-16(15-23)20(24)22-18-8-4-2-1-3-5-9-18/h10-13,16,18H,1-9,14-15H2,(H,22,24)/t16-/m1/s1.